The van der Waals surface area contributed by atoms with Crippen molar-refractivity contribution >= 4 is 54.1 Å². The summed E-state index contributed by atoms with van der Waals surface area (Å²) in [6.07, 6.45) is 0. The van der Waals surface area contributed by atoms with E-state index in [1.54, 1.807) is 29.5 Å². The highest BCUT2D eigenvalue weighted by molar-refractivity contribution is 7.28. The molecule has 7 heteroatoms. The van der Waals surface area contributed by atoms with E-state index in [1.807, 2.05) is 55.5 Å². The monoisotopic (exact) mass is 417 g/mol. The van der Waals surface area contributed by atoms with Crippen LogP contribution in [0.3, 0.4) is 0 Å². The second kappa shape index (κ2) is 7.27. The Balaban J connectivity index is 1.40. The molecule has 0 saturated heterocycles. The molecule has 1 N–H and O–H groups in total. The molecule has 2 heterocycles. The fourth-order valence-electron chi connectivity index (χ4n) is 3.03. The molecule has 0 aliphatic heterocycles. The van der Waals surface area contributed by atoms with Crippen LogP contribution < -0.4 is 10.1 Å². The normalized spacial score (nSPS) is 11.1. The van der Waals surface area contributed by atoms with Crippen molar-refractivity contribution in [2.75, 3.05) is 5.32 Å². The van der Waals surface area contributed by atoms with Crippen LogP contribution in [0, 0.1) is 6.92 Å². The number of aryl methyl sites for hydroxylation is 1. The minimum absolute atomic E-state index is 0.223. The quantitative estimate of drug-likeness (QED) is 0.375. The third-order valence-corrected chi connectivity index (χ3v) is 6.45. The van der Waals surface area contributed by atoms with E-state index in [0.717, 1.165) is 31.2 Å². The van der Waals surface area contributed by atoms with Gasteiger partial charge in [-0.25, -0.2) is 9.97 Å². The van der Waals surface area contributed by atoms with Crippen LogP contribution in [0.2, 0.25) is 0 Å². The average molecular weight is 418 g/mol. The summed E-state index contributed by atoms with van der Waals surface area (Å²) in [5.41, 5.74) is 2.34. The third-order valence-electron chi connectivity index (χ3n) is 4.31. The average Bonchev–Trinajstić information content (AvgIpc) is 3.31. The zero-order valence-electron chi connectivity index (χ0n) is 15.4. The first-order valence-electron chi connectivity index (χ1n) is 8.97. The van der Waals surface area contributed by atoms with Crippen LogP contribution >= 0.6 is 22.7 Å². The molecule has 142 valence electrons. The van der Waals surface area contributed by atoms with Gasteiger partial charge >= 0.3 is 0 Å². The molecule has 0 unspecified atom stereocenters. The summed E-state index contributed by atoms with van der Waals surface area (Å²) in [6.45, 7) is 1.99. The van der Waals surface area contributed by atoms with Crippen molar-refractivity contribution in [1.82, 2.24) is 9.97 Å². The number of nitrogens with one attached hydrogen (secondary N) is 1. The van der Waals surface area contributed by atoms with Crippen molar-refractivity contribution in [2.24, 2.45) is 0 Å². The Morgan fingerprint density at radius 1 is 0.862 bits per heavy atom. The van der Waals surface area contributed by atoms with Crippen molar-refractivity contribution in [2.45, 2.75) is 6.92 Å². The molecule has 5 aromatic rings. The number of anilines is 1. The number of thiazole rings is 2. The number of fused-ring (bicyclic) bond motifs is 3. The highest BCUT2D eigenvalue weighted by atomic mass is 32.1. The number of aromatic nitrogens is 2. The zero-order chi connectivity index (χ0) is 19.8. The van der Waals surface area contributed by atoms with Gasteiger partial charge in [-0.3, -0.25) is 10.1 Å². The Morgan fingerprint density at radius 3 is 2.41 bits per heavy atom. The number of carbonyl (C=O) groups is 1. The minimum atomic E-state index is -0.223. The second-order valence-corrected chi connectivity index (χ2v) is 8.61. The van der Waals surface area contributed by atoms with Crippen LogP contribution in [0.25, 0.3) is 20.4 Å². The van der Waals surface area contributed by atoms with E-state index >= 15 is 0 Å². The molecule has 0 spiro atoms. The molecular weight excluding hydrogens is 402 g/mol. The van der Waals surface area contributed by atoms with Crippen molar-refractivity contribution in [1.29, 1.82) is 0 Å². The van der Waals surface area contributed by atoms with Gasteiger partial charge < -0.3 is 4.74 Å². The van der Waals surface area contributed by atoms with Crippen molar-refractivity contribution in [3.05, 3.63) is 77.3 Å². The van der Waals surface area contributed by atoms with E-state index in [9.17, 15) is 4.79 Å². The summed E-state index contributed by atoms with van der Waals surface area (Å²) >= 11 is 3.11. The van der Waals surface area contributed by atoms with Gasteiger partial charge in [0.25, 0.3) is 5.91 Å². The summed E-state index contributed by atoms with van der Waals surface area (Å²) in [7, 11) is 0. The van der Waals surface area contributed by atoms with Crippen molar-refractivity contribution in [3.63, 3.8) is 0 Å². The lowest BCUT2D eigenvalue weighted by molar-refractivity contribution is 0.102. The first-order chi connectivity index (χ1) is 14.2. The van der Waals surface area contributed by atoms with Gasteiger partial charge in [-0.1, -0.05) is 35.6 Å². The molecule has 5 nitrogen and oxygen atoms in total. The van der Waals surface area contributed by atoms with E-state index in [2.05, 4.69) is 15.3 Å². The lowest BCUT2D eigenvalue weighted by Crippen LogP contribution is -2.11. The molecule has 0 bridgehead atoms. The number of rotatable bonds is 4. The largest absolute Gasteiger partial charge is 0.457 e. The topological polar surface area (TPSA) is 64.1 Å². The van der Waals surface area contributed by atoms with Gasteiger partial charge in [0, 0.05) is 5.56 Å². The molecule has 5 rings (SSSR count). The molecule has 1 amide bonds. The van der Waals surface area contributed by atoms with Gasteiger partial charge in [-0.05, 0) is 49.4 Å². The van der Waals surface area contributed by atoms with Crippen molar-refractivity contribution in [3.8, 4) is 11.5 Å². The number of amides is 1. The molecule has 2 aromatic heterocycles. The van der Waals surface area contributed by atoms with Crippen LogP contribution in [-0.4, -0.2) is 15.9 Å². The van der Waals surface area contributed by atoms with E-state index in [1.165, 1.54) is 11.3 Å². The third kappa shape index (κ3) is 3.57. The molecule has 0 atom stereocenters. The van der Waals surface area contributed by atoms with E-state index in [-0.39, 0.29) is 5.91 Å². The number of hydrogen-bond donors (Lipinski definition) is 1. The van der Waals surface area contributed by atoms with E-state index in [0.29, 0.717) is 16.4 Å². The molecule has 3 aromatic carbocycles. The number of hydrogen-bond acceptors (Lipinski definition) is 6. The molecule has 0 aliphatic carbocycles. The number of benzene rings is 3. The first kappa shape index (κ1) is 17.8. The zero-order valence-corrected chi connectivity index (χ0v) is 17.0. The summed E-state index contributed by atoms with van der Waals surface area (Å²) in [5, 5.41) is 4.49. The maximum absolute atomic E-state index is 12.8. The van der Waals surface area contributed by atoms with Gasteiger partial charge in [0.2, 0.25) is 0 Å². The maximum Gasteiger partial charge on any atom is 0.257 e. The lowest BCUT2D eigenvalue weighted by Gasteiger charge is -2.07. The molecular formula is C22H15N3O2S2. The van der Waals surface area contributed by atoms with Gasteiger partial charge in [-0.2, -0.15) is 0 Å². The van der Waals surface area contributed by atoms with Gasteiger partial charge in [0.1, 0.15) is 11.5 Å². The Kier molecular flexibility index (Phi) is 4.46. The maximum atomic E-state index is 12.8. The summed E-state index contributed by atoms with van der Waals surface area (Å²) in [4.78, 5) is 21.8. The van der Waals surface area contributed by atoms with Crippen LogP contribution in [0.5, 0.6) is 11.5 Å². The number of nitrogens with zero attached hydrogens (tertiary/aromatic N) is 2. The smallest absolute Gasteiger partial charge is 0.257 e. The van der Waals surface area contributed by atoms with E-state index < -0.39 is 0 Å². The standard InChI is InChI=1S/C22H15N3O2S2/c1-13-23-17-10-11-18-20(19(17)28-13)29-22(24-18)25-21(26)14-6-5-9-16(12-14)27-15-7-3-2-4-8-15/h2-12H,1H3,(H,24,25,26). The molecule has 0 fully saturated rings. The van der Waals surface area contributed by atoms with Gasteiger partial charge in [-0.15, -0.1) is 11.3 Å². The van der Waals surface area contributed by atoms with Crippen LogP contribution in [-0.2, 0) is 0 Å². The second-order valence-electron chi connectivity index (χ2n) is 6.41. The first-order valence-corrected chi connectivity index (χ1v) is 10.6. The Bertz CT molecular complexity index is 1340. The lowest BCUT2D eigenvalue weighted by atomic mass is 10.2. The Morgan fingerprint density at radius 2 is 1.59 bits per heavy atom. The van der Waals surface area contributed by atoms with Crippen LogP contribution in [0.15, 0.2) is 66.7 Å². The predicted molar refractivity (Wildman–Crippen MR) is 118 cm³/mol. The van der Waals surface area contributed by atoms with Gasteiger partial charge in [0.15, 0.2) is 5.13 Å². The SMILES string of the molecule is Cc1nc2ccc3nc(NC(=O)c4cccc(Oc5ccccc5)c4)sc3c2s1. The predicted octanol–water partition coefficient (Wildman–Crippen LogP) is 6.26. The molecule has 0 saturated carbocycles. The summed E-state index contributed by atoms with van der Waals surface area (Å²) in [6, 6.07) is 20.5. The fraction of sp³-hybridized carbons (Fsp3) is 0.0455. The number of para-hydroxylation sites is 1. The number of ether oxygens (including phenoxy) is 1. The Labute approximate surface area is 174 Å². The number of carbonyl (C=O) groups excluding carboxylic acids is 1. The molecule has 29 heavy (non-hydrogen) atoms. The molecule has 0 radical (unpaired) electrons. The Hall–Kier alpha value is -3.29. The minimum Gasteiger partial charge on any atom is -0.457 e. The van der Waals surface area contributed by atoms with Gasteiger partial charge in [0.05, 0.1) is 25.4 Å². The molecule has 0 aliphatic rings. The van der Waals surface area contributed by atoms with Crippen LogP contribution in [0.1, 0.15) is 15.4 Å². The van der Waals surface area contributed by atoms with Crippen molar-refractivity contribution < 1.29 is 9.53 Å². The van der Waals surface area contributed by atoms with Crippen LogP contribution in [0.4, 0.5) is 5.13 Å². The fourth-order valence-corrected chi connectivity index (χ4v) is 5.03. The highest BCUT2D eigenvalue weighted by Gasteiger charge is 2.14. The van der Waals surface area contributed by atoms with E-state index in [4.69, 9.17) is 4.74 Å². The summed E-state index contributed by atoms with van der Waals surface area (Å²) < 4.78 is 7.97. The summed E-state index contributed by atoms with van der Waals surface area (Å²) in [5.74, 6) is 1.11. The highest BCUT2D eigenvalue weighted by Crippen LogP contribution is 2.36.